The molecule has 4 rings (SSSR count). The highest BCUT2D eigenvalue weighted by atomic mass is 32.2. The number of hydrogen-bond donors (Lipinski definition) is 1. The molecule has 10 heteroatoms. The fraction of sp³-hybridized carbons (Fsp3) is 0.286. The zero-order chi connectivity index (χ0) is 22.0. The summed E-state index contributed by atoms with van der Waals surface area (Å²) < 4.78 is 27.4. The molecule has 31 heavy (non-hydrogen) atoms. The summed E-state index contributed by atoms with van der Waals surface area (Å²) in [6, 6.07) is 14.8. The van der Waals surface area contributed by atoms with Crippen LogP contribution in [0.4, 0.5) is 10.8 Å². The summed E-state index contributed by atoms with van der Waals surface area (Å²) >= 11 is 0.861. The molecule has 1 amide bonds. The topological polar surface area (TPSA) is 95.5 Å². The van der Waals surface area contributed by atoms with Crippen molar-refractivity contribution >= 4 is 38.1 Å². The van der Waals surface area contributed by atoms with Crippen LogP contribution in [0.2, 0.25) is 0 Å². The van der Waals surface area contributed by atoms with Crippen LogP contribution in [0.5, 0.6) is 0 Å². The maximum atomic E-state index is 13.0. The lowest BCUT2D eigenvalue weighted by Crippen LogP contribution is -2.48. The van der Waals surface area contributed by atoms with E-state index in [1.165, 1.54) is 15.4 Å². The lowest BCUT2D eigenvalue weighted by Gasteiger charge is -2.35. The van der Waals surface area contributed by atoms with Crippen molar-refractivity contribution in [1.29, 1.82) is 0 Å². The van der Waals surface area contributed by atoms with Crippen molar-refractivity contribution in [2.75, 3.05) is 36.4 Å². The Hall–Kier alpha value is -2.82. The van der Waals surface area contributed by atoms with Crippen LogP contribution in [-0.4, -0.2) is 55.0 Å². The number of amides is 1. The average Bonchev–Trinajstić information content (AvgIpc) is 3.26. The van der Waals surface area contributed by atoms with Crippen molar-refractivity contribution in [2.24, 2.45) is 0 Å². The lowest BCUT2D eigenvalue weighted by molar-refractivity contribution is 0.102. The van der Waals surface area contributed by atoms with Gasteiger partial charge in [0.05, 0.1) is 0 Å². The average molecular weight is 458 g/mol. The number of carbonyl (C=O) groups is 1. The summed E-state index contributed by atoms with van der Waals surface area (Å²) in [6.07, 6.45) is 0. The van der Waals surface area contributed by atoms with E-state index in [-0.39, 0.29) is 15.4 Å². The molecule has 2 aromatic carbocycles. The van der Waals surface area contributed by atoms with Crippen molar-refractivity contribution < 1.29 is 13.2 Å². The summed E-state index contributed by atoms with van der Waals surface area (Å²) in [4.78, 5) is 14.5. The number of rotatable bonds is 5. The molecule has 162 valence electrons. The minimum atomic E-state index is -3.77. The molecule has 0 aliphatic carbocycles. The maximum Gasteiger partial charge on any atom is 0.272 e. The number of benzene rings is 2. The number of carbonyl (C=O) groups excluding carboxylic acids is 1. The summed E-state index contributed by atoms with van der Waals surface area (Å²) in [5.74, 6) is -0.358. The van der Waals surface area contributed by atoms with E-state index in [1.54, 1.807) is 24.3 Å². The Morgan fingerprint density at radius 1 is 0.968 bits per heavy atom. The Bertz CT molecular complexity index is 1190. The van der Waals surface area contributed by atoms with Gasteiger partial charge in [-0.15, -0.1) is 10.2 Å². The molecule has 1 saturated heterocycles. The summed E-state index contributed by atoms with van der Waals surface area (Å²) in [6.45, 7) is 6.07. The Balaban J connectivity index is 1.43. The minimum absolute atomic E-state index is 0.115. The number of sulfonamides is 1. The molecular formula is C21H23N5O3S2. The molecule has 0 spiro atoms. The van der Waals surface area contributed by atoms with E-state index in [0.29, 0.717) is 31.7 Å². The van der Waals surface area contributed by atoms with Gasteiger partial charge in [-0.3, -0.25) is 10.1 Å². The van der Waals surface area contributed by atoms with E-state index < -0.39 is 10.0 Å². The largest absolute Gasteiger partial charge is 0.369 e. The van der Waals surface area contributed by atoms with Gasteiger partial charge in [-0.05, 0) is 43.2 Å². The van der Waals surface area contributed by atoms with Crippen molar-refractivity contribution in [3.8, 4) is 0 Å². The Morgan fingerprint density at radius 3 is 2.39 bits per heavy atom. The second-order valence-electron chi connectivity index (χ2n) is 7.30. The van der Waals surface area contributed by atoms with Crippen molar-refractivity contribution in [3.05, 3.63) is 65.2 Å². The van der Waals surface area contributed by atoms with E-state index >= 15 is 0 Å². The fourth-order valence-electron chi connectivity index (χ4n) is 3.48. The maximum absolute atomic E-state index is 13.0. The molecule has 0 saturated carbocycles. The van der Waals surface area contributed by atoms with E-state index in [1.807, 2.05) is 12.1 Å². The van der Waals surface area contributed by atoms with Gasteiger partial charge in [0.25, 0.3) is 15.9 Å². The standard InChI is InChI=1S/C21H23N5O3S2/c1-15-7-6-10-18(16(15)2)25-11-13-26(14-12-25)31(28,29)21-24-23-20(30-21)22-19(27)17-8-4-3-5-9-17/h3-10H,11-14H2,1-2H3,(H,22,23,27). The first-order valence-electron chi connectivity index (χ1n) is 9.87. The molecule has 1 aromatic heterocycles. The number of hydrogen-bond acceptors (Lipinski definition) is 7. The highest BCUT2D eigenvalue weighted by Gasteiger charge is 2.32. The van der Waals surface area contributed by atoms with E-state index in [4.69, 9.17) is 0 Å². The number of piperazine rings is 1. The number of aryl methyl sites for hydroxylation is 1. The molecular weight excluding hydrogens is 434 g/mol. The van der Waals surface area contributed by atoms with Gasteiger partial charge in [0.2, 0.25) is 9.47 Å². The molecule has 1 N–H and O–H groups in total. The Morgan fingerprint density at radius 2 is 1.68 bits per heavy atom. The third-order valence-electron chi connectivity index (χ3n) is 5.38. The predicted octanol–water partition coefficient (Wildman–Crippen LogP) is 2.92. The smallest absolute Gasteiger partial charge is 0.272 e. The van der Waals surface area contributed by atoms with Gasteiger partial charge in [0.1, 0.15) is 0 Å². The zero-order valence-electron chi connectivity index (χ0n) is 17.3. The first kappa shape index (κ1) is 21.4. The number of aromatic nitrogens is 2. The molecule has 1 aliphatic heterocycles. The van der Waals surface area contributed by atoms with Gasteiger partial charge in [0.15, 0.2) is 0 Å². The quantitative estimate of drug-likeness (QED) is 0.592. The molecule has 8 nitrogen and oxygen atoms in total. The second kappa shape index (κ2) is 8.74. The first-order chi connectivity index (χ1) is 14.9. The van der Waals surface area contributed by atoms with Crippen LogP contribution in [0.1, 0.15) is 21.5 Å². The fourth-order valence-corrected chi connectivity index (χ4v) is 5.94. The van der Waals surface area contributed by atoms with Crippen LogP contribution >= 0.6 is 11.3 Å². The molecule has 0 radical (unpaired) electrons. The van der Waals surface area contributed by atoms with Crippen molar-refractivity contribution in [3.63, 3.8) is 0 Å². The van der Waals surface area contributed by atoms with Crippen LogP contribution in [0.3, 0.4) is 0 Å². The Labute approximate surface area is 185 Å². The molecule has 3 aromatic rings. The van der Waals surface area contributed by atoms with Crippen LogP contribution in [0.15, 0.2) is 52.9 Å². The SMILES string of the molecule is Cc1cccc(N2CCN(S(=O)(=O)c3nnc(NC(=O)c4ccccc4)s3)CC2)c1C. The third kappa shape index (κ3) is 4.46. The van der Waals surface area contributed by atoms with Gasteiger partial charge in [-0.1, -0.05) is 41.7 Å². The number of anilines is 2. The molecule has 1 aliphatic rings. The van der Waals surface area contributed by atoms with Crippen LogP contribution in [0, 0.1) is 13.8 Å². The summed E-state index contributed by atoms with van der Waals surface area (Å²) in [7, 11) is -3.77. The first-order valence-corrected chi connectivity index (χ1v) is 12.1. The van der Waals surface area contributed by atoms with Crippen LogP contribution in [-0.2, 0) is 10.0 Å². The highest BCUT2D eigenvalue weighted by molar-refractivity contribution is 7.91. The van der Waals surface area contributed by atoms with E-state index in [0.717, 1.165) is 17.0 Å². The third-order valence-corrected chi connectivity index (χ3v) is 8.46. The minimum Gasteiger partial charge on any atom is -0.369 e. The monoisotopic (exact) mass is 457 g/mol. The number of nitrogens with one attached hydrogen (secondary N) is 1. The summed E-state index contributed by atoms with van der Waals surface area (Å²) in [5, 5.41) is 10.4. The van der Waals surface area contributed by atoms with Gasteiger partial charge in [0, 0.05) is 37.4 Å². The predicted molar refractivity (Wildman–Crippen MR) is 121 cm³/mol. The van der Waals surface area contributed by atoms with Crippen LogP contribution in [0.25, 0.3) is 0 Å². The molecule has 0 bridgehead atoms. The van der Waals surface area contributed by atoms with Gasteiger partial charge in [-0.25, -0.2) is 8.42 Å². The molecule has 1 fully saturated rings. The van der Waals surface area contributed by atoms with Crippen molar-refractivity contribution in [1.82, 2.24) is 14.5 Å². The molecule has 2 heterocycles. The zero-order valence-corrected chi connectivity index (χ0v) is 18.9. The second-order valence-corrected chi connectivity index (χ2v) is 10.4. The summed E-state index contributed by atoms with van der Waals surface area (Å²) in [5.41, 5.74) is 4.02. The van der Waals surface area contributed by atoms with E-state index in [2.05, 4.69) is 46.4 Å². The lowest BCUT2D eigenvalue weighted by atomic mass is 10.1. The van der Waals surface area contributed by atoms with Gasteiger partial charge < -0.3 is 4.90 Å². The molecule has 0 atom stereocenters. The highest BCUT2D eigenvalue weighted by Crippen LogP contribution is 2.27. The van der Waals surface area contributed by atoms with Gasteiger partial charge in [-0.2, -0.15) is 4.31 Å². The van der Waals surface area contributed by atoms with Crippen LogP contribution < -0.4 is 10.2 Å². The van der Waals surface area contributed by atoms with E-state index in [9.17, 15) is 13.2 Å². The van der Waals surface area contributed by atoms with Crippen molar-refractivity contribution in [2.45, 2.75) is 18.2 Å². The number of nitrogens with zero attached hydrogens (tertiary/aromatic N) is 4. The van der Waals surface area contributed by atoms with Gasteiger partial charge >= 0.3 is 0 Å². The molecule has 0 unspecified atom stereocenters. The Kier molecular flexibility index (Phi) is 6.03. The normalized spacial score (nSPS) is 15.1.